The molecule has 0 unspecified atom stereocenters. The predicted molar refractivity (Wildman–Crippen MR) is 92.7 cm³/mol. The molecule has 23 heavy (non-hydrogen) atoms. The fourth-order valence-electron chi connectivity index (χ4n) is 2.45. The smallest absolute Gasteiger partial charge is 0.253 e. The van der Waals surface area contributed by atoms with Gasteiger partial charge in [-0.05, 0) is 29.8 Å². The first kappa shape index (κ1) is 15.1. The summed E-state index contributed by atoms with van der Waals surface area (Å²) in [6.07, 6.45) is 0.366. The van der Waals surface area contributed by atoms with Crippen LogP contribution in [0.5, 0.6) is 0 Å². The number of anilines is 1. The lowest BCUT2D eigenvalue weighted by Crippen LogP contribution is -2.15. The molecule has 2 aromatic carbocycles. The SMILES string of the molecule is N#CCc1cccc(NCc2cc3cccc(Cl)c3[nH]c2=O)c1. The molecule has 4 nitrogen and oxygen atoms in total. The van der Waals surface area contributed by atoms with Gasteiger partial charge in [-0.1, -0.05) is 35.9 Å². The van der Waals surface area contributed by atoms with Gasteiger partial charge in [0.1, 0.15) is 0 Å². The van der Waals surface area contributed by atoms with Crippen molar-refractivity contribution in [3.8, 4) is 6.07 Å². The first-order valence-electron chi connectivity index (χ1n) is 7.17. The van der Waals surface area contributed by atoms with E-state index in [1.54, 1.807) is 6.07 Å². The highest BCUT2D eigenvalue weighted by Gasteiger charge is 2.05. The second kappa shape index (κ2) is 6.55. The number of nitriles is 1. The van der Waals surface area contributed by atoms with Crippen molar-refractivity contribution in [3.63, 3.8) is 0 Å². The van der Waals surface area contributed by atoms with Crippen LogP contribution < -0.4 is 10.9 Å². The molecule has 0 radical (unpaired) electrons. The van der Waals surface area contributed by atoms with Crippen molar-refractivity contribution in [2.45, 2.75) is 13.0 Å². The number of hydrogen-bond donors (Lipinski definition) is 2. The first-order chi connectivity index (χ1) is 11.2. The van der Waals surface area contributed by atoms with Gasteiger partial charge in [-0.3, -0.25) is 4.79 Å². The van der Waals surface area contributed by atoms with Crippen LogP contribution in [0.3, 0.4) is 0 Å². The second-order valence-electron chi connectivity index (χ2n) is 5.22. The molecule has 0 aliphatic rings. The maximum atomic E-state index is 12.2. The van der Waals surface area contributed by atoms with Gasteiger partial charge in [0.05, 0.1) is 23.0 Å². The standard InChI is InChI=1S/C18H14ClN3O/c19-16-6-2-4-13-10-14(18(23)22-17(13)16)11-21-15-5-1-3-12(9-15)7-8-20/h1-6,9-10,21H,7,11H2,(H,22,23). The van der Waals surface area contributed by atoms with Crippen molar-refractivity contribution in [1.29, 1.82) is 5.26 Å². The maximum absolute atomic E-state index is 12.2. The van der Waals surface area contributed by atoms with Gasteiger partial charge < -0.3 is 10.3 Å². The molecular weight excluding hydrogens is 310 g/mol. The summed E-state index contributed by atoms with van der Waals surface area (Å²) in [5, 5.41) is 13.4. The molecule has 0 spiro atoms. The quantitative estimate of drug-likeness (QED) is 0.766. The van der Waals surface area contributed by atoms with Crippen molar-refractivity contribution in [1.82, 2.24) is 4.98 Å². The number of rotatable bonds is 4. The van der Waals surface area contributed by atoms with Gasteiger partial charge >= 0.3 is 0 Å². The summed E-state index contributed by atoms with van der Waals surface area (Å²) in [7, 11) is 0. The van der Waals surface area contributed by atoms with Crippen molar-refractivity contribution in [3.05, 3.63) is 75.0 Å². The summed E-state index contributed by atoms with van der Waals surface area (Å²) in [5.74, 6) is 0. The zero-order chi connectivity index (χ0) is 16.2. The van der Waals surface area contributed by atoms with Crippen LogP contribution in [-0.2, 0) is 13.0 Å². The van der Waals surface area contributed by atoms with Gasteiger partial charge in [-0.15, -0.1) is 0 Å². The average molecular weight is 324 g/mol. The Morgan fingerprint density at radius 3 is 2.83 bits per heavy atom. The van der Waals surface area contributed by atoms with Crippen LogP contribution >= 0.6 is 11.6 Å². The number of halogens is 1. The Morgan fingerprint density at radius 1 is 1.17 bits per heavy atom. The van der Waals surface area contributed by atoms with E-state index < -0.39 is 0 Å². The lowest BCUT2D eigenvalue weighted by molar-refractivity contribution is 1.09. The molecule has 0 fully saturated rings. The highest BCUT2D eigenvalue weighted by atomic mass is 35.5. The summed E-state index contributed by atoms with van der Waals surface area (Å²) >= 11 is 6.09. The number of nitrogens with zero attached hydrogens (tertiary/aromatic N) is 1. The van der Waals surface area contributed by atoms with Gasteiger partial charge in [0.25, 0.3) is 5.56 Å². The maximum Gasteiger partial charge on any atom is 0.253 e. The molecule has 3 rings (SSSR count). The predicted octanol–water partition coefficient (Wildman–Crippen LogP) is 3.86. The molecule has 0 saturated heterocycles. The molecule has 0 bridgehead atoms. The molecule has 0 atom stereocenters. The second-order valence-corrected chi connectivity index (χ2v) is 5.62. The van der Waals surface area contributed by atoms with Crippen molar-refractivity contribution in [2.24, 2.45) is 0 Å². The van der Waals surface area contributed by atoms with Crippen LogP contribution in [0.1, 0.15) is 11.1 Å². The highest BCUT2D eigenvalue weighted by molar-refractivity contribution is 6.35. The number of hydrogen-bond acceptors (Lipinski definition) is 3. The Bertz CT molecular complexity index is 956. The number of nitrogens with one attached hydrogen (secondary N) is 2. The molecule has 2 N–H and O–H groups in total. The molecule has 1 aromatic heterocycles. The van der Waals surface area contributed by atoms with Crippen LogP contribution in [0.15, 0.2) is 53.3 Å². The minimum absolute atomic E-state index is 0.161. The van der Waals surface area contributed by atoms with Crippen molar-refractivity contribution >= 4 is 28.2 Å². The molecule has 0 amide bonds. The topological polar surface area (TPSA) is 68.7 Å². The number of pyridine rings is 1. The minimum atomic E-state index is -0.161. The molecule has 1 heterocycles. The Hall–Kier alpha value is -2.77. The van der Waals surface area contributed by atoms with Crippen LogP contribution in [-0.4, -0.2) is 4.98 Å². The van der Waals surface area contributed by atoms with Gasteiger partial charge in [-0.2, -0.15) is 5.26 Å². The Morgan fingerprint density at radius 2 is 2.00 bits per heavy atom. The largest absolute Gasteiger partial charge is 0.381 e. The first-order valence-corrected chi connectivity index (χ1v) is 7.55. The van der Waals surface area contributed by atoms with Crippen molar-refractivity contribution < 1.29 is 0 Å². The normalized spacial score (nSPS) is 10.4. The fourth-order valence-corrected chi connectivity index (χ4v) is 2.68. The number of H-pyrrole nitrogens is 1. The zero-order valence-corrected chi connectivity index (χ0v) is 13.0. The average Bonchev–Trinajstić information content (AvgIpc) is 2.55. The van der Waals surface area contributed by atoms with Crippen LogP contribution in [0.4, 0.5) is 5.69 Å². The highest BCUT2D eigenvalue weighted by Crippen LogP contribution is 2.20. The third kappa shape index (κ3) is 3.36. The monoisotopic (exact) mass is 323 g/mol. The van der Waals surface area contributed by atoms with Gasteiger partial charge in [0.2, 0.25) is 0 Å². The van der Waals surface area contributed by atoms with Crippen LogP contribution in [0, 0.1) is 11.3 Å². The van der Waals surface area contributed by atoms with Crippen LogP contribution in [0.2, 0.25) is 5.02 Å². The van der Waals surface area contributed by atoms with E-state index in [2.05, 4.69) is 16.4 Å². The molecule has 5 heteroatoms. The lowest BCUT2D eigenvalue weighted by atomic mass is 10.1. The number of aromatic nitrogens is 1. The van der Waals surface area contributed by atoms with Crippen molar-refractivity contribution in [2.75, 3.05) is 5.32 Å². The molecule has 0 aliphatic heterocycles. The van der Waals surface area contributed by atoms with E-state index in [9.17, 15) is 4.79 Å². The van der Waals surface area contributed by atoms with E-state index in [4.69, 9.17) is 16.9 Å². The molecule has 0 saturated carbocycles. The Labute approximate surface area is 138 Å². The van der Waals surface area contributed by atoms with Gasteiger partial charge in [-0.25, -0.2) is 0 Å². The van der Waals surface area contributed by atoms with E-state index >= 15 is 0 Å². The van der Waals surface area contributed by atoms with E-state index in [0.717, 1.165) is 16.6 Å². The summed E-state index contributed by atoms with van der Waals surface area (Å²) in [6.45, 7) is 0.397. The molecule has 3 aromatic rings. The van der Waals surface area contributed by atoms with E-state index in [1.807, 2.05) is 42.5 Å². The number of fused-ring (bicyclic) bond motifs is 1. The molecule has 0 aliphatic carbocycles. The van der Waals surface area contributed by atoms with Gasteiger partial charge in [0, 0.05) is 23.2 Å². The molecule has 114 valence electrons. The lowest BCUT2D eigenvalue weighted by Gasteiger charge is -2.08. The number of para-hydroxylation sites is 1. The molecular formula is C18H14ClN3O. The Kier molecular flexibility index (Phi) is 4.31. The fraction of sp³-hybridized carbons (Fsp3) is 0.111. The summed E-state index contributed by atoms with van der Waals surface area (Å²) in [5.41, 5.74) is 2.94. The number of benzene rings is 2. The number of aromatic amines is 1. The Balaban J connectivity index is 1.85. The minimum Gasteiger partial charge on any atom is -0.381 e. The summed E-state index contributed by atoms with van der Waals surface area (Å²) < 4.78 is 0. The van der Waals surface area contributed by atoms with E-state index in [1.165, 1.54) is 0 Å². The third-order valence-corrected chi connectivity index (χ3v) is 3.91. The zero-order valence-electron chi connectivity index (χ0n) is 12.3. The van der Waals surface area contributed by atoms with E-state index in [-0.39, 0.29) is 5.56 Å². The van der Waals surface area contributed by atoms with Crippen LogP contribution in [0.25, 0.3) is 10.9 Å². The summed E-state index contributed by atoms with van der Waals surface area (Å²) in [4.78, 5) is 15.0. The third-order valence-electron chi connectivity index (χ3n) is 3.60. The van der Waals surface area contributed by atoms with Gasteiger partial charge in [0.15, 0.2) is 0 Å². The van der Waals surface area contributed by atoms with E-state index in [0.29, 0.717) is 29.1 Å². The summed E-state index contributed by atoms with van der Waals surface area (Å²) in [6, 6.07) is 17.1.